The molecule has 2 aromatic rings. The number of hydrogen-bond donors (Lipinski definition) is 1. The lowest BCUT2D eigenvalue weighted by Crippen LogP contribution is -2.22. The van der Waals surface area contributed by atoms with Gasteiger partial charge in [0.05, 0.1) is 5.52 Å². The van der Waals surface area contributed by atoms with E-state index in [1.165, 1.54) is 29.3 Å². The van der Waals surface area contributed by atoms with Gasteiger partial charge in [-0.15, -0.1) is 0 Å². The van der Waals surface area contributed by atoms with Crippen molar-refractivity contribution in [3.05, 3.63) is 28.4 Å². The van der Waals surface area contributed by atoms with E-state index in [4.69, 9.17) is 5.73 Å². The lowest BCUT2D eigenvalue weighted by molar-refractivity contribution is 0.610. The fourth-order valence-electron chi connectivity index (χ4n) is 2.33. The zero-order valence-corrected chi connectivity index (χ0v) is 11.5. The van der Waals surface area contributed by atoms with Crippen molar-refractivity contribution in [2.45, 2.75) is 31.2 Å². The molecule has 1 saturated carbocycles. The Morgan fingerprint density at radius 2 is 2.24 bits per heavy atom. The van der Waals surface area contributed by atoms with Gasteiger partial charge in [0.15, 0.2) is 0 Å². The summed E-state index contributed by atoms with van der Waals surface area (Å²) >= 11 is 3.54. The smallest absolute Gasteiger partial charge is 0.136 e. The van der Waals surface area contributed by atoms with Gasteiger partial charge >= 0.3 is 0 Å². The van der Waals surface area contributed by atoms with Gasteiger partial charge in [0.25, 0.3) is 0 Å². The van der Waals surface area contributed by atoms with Crippen molar-refractivity contribution in [1.29, 1.82) is 0 Å². The second-order valence-corrected chi connectivity index (χ2v) is 5.84. The molecule has 1 aromatic carbocycles. The summed E-state index contributed by atoms with van der Waals surface area (Å²) in [6.07, 6.45) is 4.47. The minimum Gasteiger partial charge on any atom is -0.325 e. The topological polar surface area (TPSA) is 43.8 Å². The van der Waals surface area contributed by atoms with Gasteiger partial charge in [0.2, 0.25) is 0 Å². The average molecular weight is 294 g/mol. The number of nitrogens with zero attached hydrogens (tertiary/aromatic N) is 2. The molecule has 0 spiro atoms. The van der Waals surface area contributed by atoms with Crippen molar-refractivity contribution in [2.24, 2.45) is 12.8 Å². The molecule has 1 aliphatic carbocycles. The standard InChI is InChI=1S/C13H16BrN3/c1-17-10-4-2-3-9(11(10)12(14)16-17)5-6-13(15)7-8-13/h2-4H,5-8,15H2,1H3. The van der Waals surface area contributed by atoms with Crippen molar-refractivity contribution in [3.63, 3.8) is 0 Å². The third kappa shape index (κ3) is 2.00. The highest BCUT2D eigenvalue weighted by Crippen LogP contribution is 2.37. The molecule has 4 heteroatoms. The average Bonchev–Trinajstić information content (AvgIpc) is 2.97. The van der Waals surface area contributed by atoms with Crippen molar-refractivity contribution < 1.29 is 0 Å². The van der Waals surface area contributed by atoms with Gasteiger partial charge in [-0.05, 0) is 53.2 Å². The maximum atomic E-state index is 6.15. The largest absolute Gasteiger partial charge is 0.325 e. The molecule has 0 atom stereocenters. The van der Waals surface area contributed by atoms with Crippen LogP contribution in [0.2, 0.25) is 0 Å². The van der Waals surface area contributed by atoms with Crippen molar-refractivity contribution in [2.75, 3.05) is 0 Å². The molecule has 17 heavy (non-hydrogen) atoms. The van der Waals surface area contributed by atoms with Crippen LogP contribution in [-0.2, 0) is 13.5 Å². The molecule has 1 fully saturated rings. The van der Waals surface area contributed by atoms with Crippen LogP contribution in [0.25, 0.3) is 10.9 Å². The van der Waals surface area contributed by atoms with Crippen LogP contribution in [0.5, 0.6) is 0 Å². The van der Waals surface area contributed by atoms with Crippen molar-refractivity contribution >= 4 is 26.8 Å². The molecular formula is C13H16BrN3. The normalized spacial score (nSPS) is 17.6. The predicted octanol–water partition coefficient (Wildman–Crippen LogP) is 2.76. The summed E-state index contributed by atoms with van der Waals surface area (Å²) in [5, 5.41) is 5.65. The van der Waals surface area contributed by atoms with Gasteiger partial charge in [-0.2, -0.15) is 5.10 Å². The van der Waals surface area contributed by atoms with Crippen LogP contribution >= 0.6 is 15.9 Å². The first-order chi connectivity index (χ1) is 8.09. The quantitative estimate of drug-likeness (QED) is 0.946. The SMILES string of the molecule is Cn1nc(Br)c2c(CCC3(N)CC3)cccc21. The van der Waals surface area contributed by atoms with Crippen LogP contribution in [0.15, 0.2) is 22.8 Å². The number of aryl methyl sites for hydroxylation is 2. The van der Waals surface area contributed by atoms with E-state index in [2.05, 4.69) is 39.2 Å². The summed E-state index contributed by atoms with van der Waals surface area (Å²) in [6.45, 7) is 0. The Morgan fingerprint density at radius 1 is 1.47 bits per heavy atom. The molecule has 1 aliphatic rings. The molecule has 2 N–H and O–H groups in total. The number of fused-ring (bicyclic) bond motifs is 1. The molecular weight excluding hydrogens is 278 g/mol. The van der Waals surface area contributed by atoms with E-state index < -0.39 is 0 Å². The van der Waals surface area contributed by atoms with E-state index in [9.17, 15) is 0 Å². The first kappa shape index (κ1) is 11.2. The third-order valence-electron chi connectivity index (χ3n) is 3.71. The maximum absolute atomic E-state index is 6.15. The highest BCUT2D eigenvalue weighted by Gasteiger charge is 2.37. The molecule has 3 rings (SSSR count). The van der Waals surface area contributed by atoms with Crippen LogP contribution < -0.4 is 5.73 Å². The Balaban J connectivity index is 1.97. The predicted molar refractivity (Wildman–Crippen MR) is 72.9 cm³/mol. The van der Waals surface area contributed by atoms with Gasteiger partial charge < -0.3 is 5.73 Å². The molecule has 90 valence electrons. The van der Waals surface area contributed by atoms with Crippen LogP contribution in [0.1, 0.15) is 24.8 Å². The van der Waals surface area contributed by atoms with Gasteiger partial charge in [-0.3, -0.25) is 4.68 Å². The molecule has 0 radical (unpaired) electrons. The Kier molecular flexibility index (Phi) is 2.52. The van der Waals surface area contributed by atoms with Crippen LogP contribution in [0, 0.1) is 0 Å². The highest BCUT2D eigenvalue weighted by atomic mass is 79.9. The Labute approximate surface area is 109 Å². The van der Waals surface area contributed by atoms with E-state index in [1.54, 1.807) is 0 Å². The van der Waals surface area contributed by atoms with Crippen LogP contribution in [0.4, 0.5) is 0 Å². The van der Waals surface area contributed by atoms with E-state index >= 15 is 0 Å². The Bertz CT molecular complexity index is 569. The van der Waals surface area contributed by atoms with Crippen LogP contribution in [-0.4, -0.2) is 15.3 Å². The third-order valence-corrected chi connectivity index (χ3v) is 4.26. The first-order valence-electron chi connectivity index (χ1n) is 5.98. The lowest BCUT2D eigenvalue weighted by atomic mass is 10.0. The van der Waals surface area contributed by atoms with Crippen molar-refractivity contribution in [1.82, 2.24) is 9.78 Å². The second-order valence-electron chi connectivity index (χ2n) is 5.09. The molecule has 0 unspecified atom stereocenters. The molecule has 0 aliphatic heterocycles. The van der Waals surface area contributed by atoms with E-state index in [0.29, 0.717) is 0 Å². The second kappa shape index (κ2) is 3.82. The zero-order chi connectivity index (χ0) is 12.0. The summed E-state index contributed by atoms with van der Waals surface area (Å²) in [4.78, 5) is 0. The minimum atomic E-state index is 0.122. The maximum Gasteiger partial charge on any atom is 0.136 e. The number of halogens is 1. The van der Waals surface area contributed by atoms with Gasteiger partial charge in [0.1, 0.15) is 4.60 Å². The van der Waals surface area contributed by atoms with Crippen LogP contribution in [0.3, 0.4) is 0 Å². The Morgan fingerprint density at radius 3 is 2.94 bits per heavy atom. The summed E-state index contributed by atoms with van der Waals surface area (Å²) in [5.74, 6) is 0. The van der Waals surface area contributed by atoms with E-state index in [0.717, 1.165) is 17.4 Å². The lowest BCUT2D eigenvalue weighted by Gasteiger charge is -2.09. The number of nitrogens with two attached hydrogens (primary N) is 1. The van der Waals surface area contributed by atoms with E-state index in [1.807, 2.05) is 11.7 Å². The van der Waals surface area contributed by atoms with Gasteiger partial charge in [0, 0.05) is 18.0 Å². The minimum absolute atomic E-state index is 0.122. The molecule has 0 saturated heterocycles. The number of benzene rings is 1. The number of rotatable bonds is 3. The summed E-state index contributed by atoms with van der Waals surface area (Å²) < 4.78 is 2.85. The molecule has 1 aromatic heterocycles. The summed E-state index contributed by atoms with van der Waals surface area (Å²) in [7, 11) is 1.97. The fourth-order valence-corrected chi connectivity index (χ4v) is 3.03. The molecule has 3 nitrogen and oxygen atoms in total. The molecule has 1 heterocycles. The van der Waals surface area contributed by atoms with E-state index in [-0.39, 0.29) is 5.54 Å². The summed E-state index contributed by atoms with van der Waals surface area (Å²) in [6, 6.07) is 6.38. The monoisotopic (exact) mass is 293 g/mol. The van der Waals surface area contributed by atoms with Gasteiger partial charge in [-0.25, -0.2) is 0 Å². The highest BCUT2D eigenvalue weighted by molar-refractivity contribution is 9.10. The van der Waals surface area contributed by atoms with Crippen molar-refractivity contribution in [3.8, 4) is 0 Å². The summed E-state index contributed by atoms with van der Waals surface area (Å²) in [5.41, 5.74) is 8.79. The molecule has 0 amide bonds. The Hall–Kier alpha value is -0.870. The number of hydrogen-bond acceptors (Lipinski definition) is 2. The molecule has 0 bridgehead atoms. The zero-order valence-electron chi connectivity index (χ0n) is 9.91. The van der Waals surface area contributed by atoms with Gasteiger partial charge in [-0.1, -0.05) is 12.1 Å². The first-order valence-corrected chi connectivity index (χ1v) is 6.77. The fraction of sp³-hybridized carbons (Fsp3) is 0.462. The number of aromatic nitrogens is 2.